The summed E-state index contributed by atoms with van der Waals surface area (Å²) in [4.78, 5) is 13.2. The number of carbonyl (C=O) groups excluding carboxylic acids is 1. The number of Topliss-reactive ketones (excluding diaryl/α,β-unsaturated/α-hetero) is 1. The molecule has 4 rings (SSSR count). The third-order valence-corrected chi connectivity index (χ3v) is 5.76. The van der Waals surface area contributed by atoms with Crippen LogP contribution >= 0.6 is 0 Å². The number of hydrogen-bond donors (Lipinski definition) is 2. The van der Waals surface area contributed by atoms with Crippen LogP contribution < -0.4 is 11.1 Å². The number of nitrogens with two attached hydrogens (primary N) is 1. The van der Waals surface area contributed by atoms with E-state index in [4.69, 9.17) is 5.73 Å². The zero-order chi connectivity index (χ0) is 18.5. The van der Waals surface area contributed by atoms with Gasteiger partial charge in [-0.05, 0) is 30.2 Å². The van der Waals surface area contributed by atoms with E-state index in [1.54, 1.807) is 36.4 Å². The van der Waals surface area contributed by atoms with Gasteiger partial charge in [-0.25, -0.2) is 0 Å². The molecular formula is C19H17N3O3S. The van der Waals surface area contributed by atoms with Crippen LogP contribution in [0.5, 0.6) is 0 Å². The van der Waals surface area contributed by atoms with Crippen LogP contribution in [0.15, 0.2) is 57.5 Å². The Balaban J connectivity index is 2.06. The second kappa shape index (κ2) is 5.81. The Morgan fingerprint density at radius 3 is 2.65 bits per heavy atom. The molecule has 2 aliphatic rings. The number of nitrogens with zero attached hydrogens (tertiary/aromatic N) is 1. The van der Waals surface area contributed by atoms with Crippen LogP contribution in [0, 0.1) is 0 Å². The maximum absolute atomic E-state index is 13.1. The van der Waals surface area contributed by atoms with Crippen molar-refractivity contribution in [2.45, 2.75) is 18.2 Å². The van der Waals surface area contributed by atoms with Gasteiger partial charge in [-0.1, -0.05) is 31.2 Å². The van der Waals surface area contributed by atoms with E-state index in [1.165, 1.54) is 6.07 Å². The summed E-state index contributed by atoms with van der Waals surface area (Å²) < 4.78 is 29.0. The molecule has 0 unspecified atom stereocenters. The van der Waals surface area contributed by atoms with Gasteiger partial charge in [0.05, 0.1) is 16.3 Å². The zero-order valence-electron chi connectivity index (χ0n) is 14.1. The van der Waals surface area contributed by atoms with Gasteiger partial charge >= 0.3 is 0 Å². The molecule has 0 bridgehead atoms. The average molecular weight is 367 g/mol. The summed E-state index contributed by atoms with van der Waals surface area (Å²) >= 11 is 0. The SMILES string of the molecule is CCCNC1=C(c2cccc(N)c2)C2=NS(=O)(=O)c3cccc(c32)C1=O. The molecule has 7 heteroatoms. The second-order valence-corrected chi connectivity index (χ2v) is 7.80. The van der Waals surface area contributed by atoms with Crippen LogP contribution in [-0.4, -0.2) is 26.5 Å². The Morgan fingerprint density at radius 1 is 1.15 bits per heavy atom. The monoisotopic (exact) mass is 367 g/mol. The van der Waals surface area contributed by atoms with Gasteiger partial charge in [-0.3, -0.25) is 4.79 Å². The largest absolute Gasteiger partial charge is 0.399 e. The van der Waals surface area contributed by atoms with Crippen LogP contribution in [0.3, 0.4) is 0 Å². The molecule has 0 atom stereocenters. The number of ketones is 1. The molecule has 0 spiro atoms. The van der Waals surface area contributed by atoms with Gasteiger partial charge in [-0.2, -0.15) is 12.8 Å². The van der Waals surface area contributed by atoms with E-state index in [2.05, 4.69) is 9.71 Å². The third kappa shape index (κ3) is 2.35. The normalized spacial score (nSPS) is 17.1. The van der Waals surface area contributed by atoms with Gasteiger partial charge in [0.15, 0.2) is 0 Å². The fourth-order valence-electron chi connectivity index (χ4n) is 3.33. The fraction of sp³-hybridized carbons (Fsp3) is 0.158. The van der Waals surface area contributed by atoms with Crippen molar-refractivity contribution in [3.8, 4) is 0 Å². The summed E-state index contributed by atoms with van der Waals surface area (Å²) in [6, 6.07) is 11.7. The lowest BCUT2D eigenvalue weighted by atomic mass is 9.83. The van der Waals surface area contributed by atoms with E-state index in [-0.39, 0.29) is 10.7 Å². The minimum absolute atomic E-state index is 0.0781. The predicted molar refractivity (Wildman–Crippen MR) is 101 cm³/mol. The summed E-state index contributed by atoms with van der Waals surface area (Å²) in [6.45, 7) is 2.58. The summed E-state index contributed by atoms with van der Waals surface area (Å²) in [5.41, 5.74) is 8.98. The van der Waals surface area contributed by atoms with Crippen molar-refractivity contribution in [2.75, 3.05) is 12.3 Å². The first-order valence-corrected chi connectivity index (χ1v) is 9.75. The molecule has 0 aromatic heterocycles. The molecule has 132 valence electrons. The highest BCUT2D eigenvalue weighted by Gasteiger charge is 2.40. The van der Waals surface area contributed by atoms with E-state index >= 15 is 0 Å². The zero-order valence-corrected chi connectivity index (χ0v) is 14.9. The van der Waals surface area contributed by atoms with Crippen molar-refractivity contribution in [3.05, 3.63) is 64.9 Å². The fourth-order valence-corrected chi connectivity index (χ4v) is 4.56. The quantitative estimate of drug-likeness (QED) is 0.808. The third-order valence-electron chi connectivity index (χ3n) is 4.44. The number of carbonyl (C=O) groups is 1. The van der Waals surface area contributed by atoms with Gasteiger partial charge in [0.25, 0.3) is 10.0 Å². The molecule has 0 saturated heterocycles. The molecule has 3 N–H and O–H groups in total. The average Bonchev–Trinajstić information content (AvgIpc) is 2.88. The predicted octanol–water partition coefficient (Wildman–Crippen LogP) is 2.37. The lowest BCUT2D eigenvalue weighted by Gasteiger charge is -2.23. The van der Waals surface area contributed by atoms with Gasteiger partial charge in [-0.15, -0.1) is 0 Å². The Bertz CT molecular complexity index is 1110. The van der Waals surface area contributed by atoms with Gasteiger partial charge in [0.2, 0.25) is 5.78 Å². The van der Waals surface area contributed by atoms with Crippen molar-refractivity contribution in [1.82, 2.24) is 5.32 Å². The highest BCUT2D eigenvalue weighted by Crippen LogP contribution is 2.40. The van der Waals surface area contributed by atoms with Gasteiger partial charge in [0, 0.05) is 28.9 Å². The molecule has 6 nitrogen and oxygen atoms in total. The first-order chi connectivity index (χ1) is 12.4. The number of benzene rings is 2. The van der Waals surface area contributed by atoms with Crippen molar-refractivity contribution in [1.29, 1.82) is 0 Å². The molecular weight excluding hydrogens is 350 g/mol. The molecule has 1 heterocycles. The molecule has 2 aromatic rings. The lowest BCUT2D eigenvalue weighted by molar-refractivity contribution is 0.102. The van der Waals surface area contributed by atoms with Gasteiger partial charge < -0.3 is 11.1 Å². The molecule has 2 aromatic carbocycles. The number of rotatable bonds is 4. The highest BCUT2D eigenvalue weighted by atomic mass is 32.2. The molecule has 0 amide bonds. The Morgan fingerprint density at radius 2 is 1.92 bits per heavy atom. The summed E-state index contributed by atoms with van der Waals surface area (Å²) in [5, 5.41) is 3.16. The number of nitrogen functional groups attached to an aromatic ring is 1. The number of anilines is 1. The van der Waals surface area contributed by atoms with Gasteiger partial charge in [0.1, 0.15) is 0 Å². The van der Waals surface area contributed by atoms with Crippen LogP contribution in [0.4, 0.5) is 5.69 Å². The van der Waals surface area contributed by atoms with Crippen molar-refractivity contribution in [3.63, 3.8) is 0 Å². The molecule has 26 heavy (non-hydrogen) atoms. The minimum Gasteiger partial charge on any atom is -0.399 e. The van der Waals surface area contributed by atoms with Crippen molar-refractivity contribution < 1.29 is 13.2 Å². The minimum atomic E-state index is -3.83. The molecule has 0 radical (unpaired) electrons. The lowest BCUT2D eigenvalue weighted by Crippen LogP contribution is -2.30. The number of nitrogens with one attached hydrogen (secondary N) is 1. The Hall–Kier alpha value is -2.93. The molecule has 1 aliphatic heterocycles. The second-order valence-electron chi connectivity index (χ2n) is 6.23. The molecule has 0 saturated carbocycles. The topological polar surface area (TPSA) is 102 Å². The maximum Gasteiger partial charge on any atom is 0.283 e. The van der Waals surface area contributed by atoms with E-state index in [1.807, 2.05) is 6.92 Å². The summed E-state index contributed by atoms with van der Waals surface area (Å²) in [5.74, 6) is -0.233. The van der Waals surface area contributed by atoms with Crippen LogP contribution in [0.1, 0.15) is 34.8 Å². The first-order valence-electron chi connectivity index (χ1n) is 8.31. The van der Waals surface area contributed by atoms with Crippen LogP contribution in [0.25, 0.3) is 5.57 Å². The summed E-state index contributed by atoms with van der Waals surface area (Å²) in [7, 11) is -3.83. The Labute approximate surface area is 151 Å². The van der Waals surface area contributed by atoms with E-state index < -0.39 is 10.0 Å². The number of hydrogen-bond acceptors (Lipinski definition) is 5. The smallest absolute Gasteiger partial charge is 0.283 e. The molecule has 0 fully saturated rings. The van der Waals surface area contributed by atoms with Crippen molar-refractivity contribution >= 4 is 32.8 Å². The Kier molecular flexibility index (Phi) is 3.69. The van der Waals surface area contributed by atoms with Crippen molar-refractivity contribution in [2.24, 2.45) is 4.40 Å². The van der Waals surface area contributed by atoms with E-state index in [0.717, 1.165) is 6.42 Å². The first kappa shape index (κ1) is 16.5. The number of sulfonamides is 1. The maximum atomic E-state index is 13.1. The van der Waals surface area contributed by atoms with E-state index in [0.29, 0.717) is 45.9 Å². The standard InChI is InChI=1S/C19H17N3O3S/c1-2-9-21-18-15(11-5-3-6-12(20)10-11)17-16-13(19(18)23)7-4-8-14(16)26(24,25)22-17/h3-8,10,21H,2,9,20H2,1H3. The summed E-state index contributed by atoms with van der Waals surface area (Å²) in [6.07, 6.45) is 0.818. The van der Waals surface area contributed by atoms with Crippen LogP contribution in [0.2, 0.25) is 0 Å². The van der Waals surface area contributed by atoms with Crippen LogP contribution in [-0.2, 0) is 10.0 Å². The molecule has 1 aliphatic carbocycles. The van der Waals surface area contributed by atoms with E-state index in [9.17, 15) is 13.2 Å². The highest BCUT2D eigenvalue weighted by molar-refractivity contribution is 7.90. The number of allylic oxidation sites excluding steroid dienone is 2.